The first-order chi connectivity index (χ1) is 7.95. The highest BCUT2D eigenvalue weighted by molar-refractivity contribution is 5.69. The van der Waals surface area contributed by atoms with Crippen molar-refractivity contribution in [1.29, 1.82) is 0 Å². The third-order valence-electron chi connectivity index (χ3n) is 2.31. The number of hydrogen-bond donors (Lipinski definition) is 4. The third-order valence-corrected chi connectivity index (χ3v) is 2.31. The molecule has 17 heavy (non-hydrogen) atoms. The molecule has 6 heteroatoms. The Bertz CT molecular complexity index is 403. The maximum absolute atomic E-state index is 10.9. The van der Waals surface area contributed by atoms with Gasteiger partial charge in [0.2, 0.25) is 0 Å². The first-order valence-corrected chi connectivity index (χ1v) is 4.90. The van der Waals surface area contributed by atoms with Crippen LogP contribution in [0.4, 0.5) is 0 Å². The normalized spacial score (nSPS) is 14.1. The van der Waals surface area contributed by atoms with Crippen molar-refractivity contribution in [1.82, 2.24) is 0 Å². The summed E-state index contributed by atoms with van der Waals surface area (Å²) in [7, 11) is 1.17. The molecule has 0 spiro atoms. The molecule has 0 amide bonds. The summed E-state index contributed by atoms with van der Waals surface area (Å²) in [5.41, 5.74) is 0.191. The van der Waals surface area contributed by atoms with Crippen molar-refractivity contribution in [2.75, 3.05) is 7.11 Å². The second-order valence-corrected chi connectivity index (χ2v) is 3.54. The summed E-state index contributed by atoms with van der Waals surface area (Å²) in [5.74, 6) is -1.39. The molecule has 0 bridgehead atoms. The number of methoxy groups -OCH3 is 1. The van der Waals surface area contributed by atoms with Gasteiger partial charge < -0.3 is 25.2 Å². The molecule has 2 atom stereocenters. The molecule has 2 unspecified atom stereocenters. The Morgan fingerprint density at radius 3 is 2.47 bits per heavy atom. The average molecular weight is 242 g/mol. The van der Waals surface area contributed by atoms with Crippen molar-refractivity contribution in [2.45, 2.75) is 18.6 Å². The minimum Gasteiger partial charge on any atom is -0.504 e. The number of carbonyl (C=O) groups is 1. The second kappa shape index (κ2) is 5.51. The molecule has 0 saturated carbocycles. The Morgan fingerprint density at radius 1 is 1.29 bits per heavy atom. The van der Waals surface area contributed by atoms with E-state index in [0.29, 0.717) is 0 Å². The van der Waals surface area contributed by atoms with Crippen LogP contribution in [-0.4, -0.2) is 39.6 Å². The number of ether oxygens (including phenoxy) is 1. The van der Waals surface area contributed by atoms with E-state index in [-0.39, 0.29) is 17.7 Å². The molecule has 0 aliphatic carbocycles. The molecular formula is C11H14O6. The summed E-state index contributed by atoms with van der Waals surface area (Å²) in [5, 5.41) is 37.5. The van der Waals surface area contributed by atoms with Crippen molar-refractivity contribution in [3.8, 4) is 11.5 Å². The fraction of sp³-hybridized carbons (Fsp3) is 0.364. The molecule has 1 aromatic carbocycles. The van der Waals surface area contributed by atoms with Gasteiger partial charge in [0.25, 0.3) is 0 Å². The van der Waals surface area contributed by atoms with Crippen molar-refractivity contribution in [2.24, 2.45) is 0 Å². The molecule has 0 heterocycles. The maximum Gasteiger partial charge on any atom is 0.308 e. The standard InChI is InChI=1S/C11H14O6/c1-17-10(15)5-9(14)11(16)6-2-3-7(12)8(13)4-6/h2-4,9,11-14,16H,5H2,1H3. The highest BCUT2D eigenvalue weighted by Gasteiger charge is 2.22. The van der Waals surface area contributed by atoms with Crippen LogP contribution in [-0.2, 0) is 9.53 Å². The molecule has 6 nitrogen and oxygen atoms in total. The zero-order chi connectivity index (χ0) is 13.0. The fourth-order valence-corrected chi connectivity index (χ4v) is 1.31. The van der Waals surface area contributed by atoms with Gasteiger partial charge in [-0.2, -0.15) is 0 Å². The number of carbonyl (C=O) groups excluding carboxylic acids is 1. The first-order valence-electron chi connectivity index (χ1n) is 4.90. The number of aliphatic hydroxyl groups is 2. The van der Waals surface area contributed by atoms with Gasteiger partial charge in [-0.05, 0) is 17.7 Å². The zero-order valence-electron chi connectivity index (χ0n) is 9.20. The quantitative estimate of drug-likeness (QED) is 0.439. The van der Waals surface area contributed by atoms with Crippen LogP contribution in [0.1, 0.15) is 18.1 Å². The van der Waals surface area contributed by atoms with E-state index in [1.807, 2.05) is 0 Å². The van der Waals surface area contributed by atoms with Gasteiger partial charge in [0.05, 0.1) is 19.6 Å². The summed E-state index contributed by atoms with van der Waals surface area (Å²) >= 11 is 0. The lowest BCUT2D eigenvalue weighted by Gasteiger charge is -2.17. The summed E-state index contributed by atoms with van der Waals surface area (Å²) in [4.78, 5) is 10.9. The topological polar surface area (TPSA) is 107 Å². The van der Waals surface area contributed by atoms with E-state index < -0.39 is 23.9 Å². The fourth-order valence-electron chi connectivity index (χ4n) is 1.31. The molecule has 0 saturated heterocycles. The van der Waals surface area contributed by atoms with Crippen LogP contribution in [0.15, 0.2) is 18.2 Å². The van der Waals surface area contributed by atoms with Gasteiger partial charge >= 0.3 is 5.97 Å². The van der Waals surface area contributed by atoms with Crippen LogP contribution >= 0.6 is 0 Å². The Morgan fingerprint density at radius 2 is 1.94 bits per heavy atom. The monoisotopic (exact) mass is 242 g/mol. The molecule has 0 aliphatic heterocycles. The van der Waals surface area contributed by atoms with Gasteiger partial charge in [-0.1, -0.05) is 6.07 Å². The number of aliphatic hydroxyl groups excluding tert-OH is 2. The van der Waals surface area contributed by atoms with Gasteiger partial charge in [0, 0.05) is 0 Å². The zero-order valence-corrected chi connectivity index (χ0v) is 9.20. The summed E-state index contributed by atoms with van der Waals surface area (Å²) < 4.78 is 4.35. The summed E-state index contributed by atoms with van der Waals surface area (Å²) in [6.07, 6.45) is -3.05. The van der Waals surface area contributed by atoms with Crippen LogP contribution in [0.25, 0.3) is 0 Å². The Balaban J connectivity index is 2.77. The third kappa shape index (κ3) is 3.33. The van der Waals surface area contributed by atoms with Gasteiger partial charge in [-0.3, -0.25) is 4.79 Å². The number of phenolic OH excluding ortho intramolecular Hbond substituents is 2. The van der Waals surface area contributed by atoms with Gasteiger partial charge in [-0.25, -0.2) is 0 Å². The highest BCUT2D eigenvalue weighted by atomic mass is 16.5. The molecule has 1 aromatic rings. The van der Waals surface area contributed by atoms with Gasteiger partial charge in [0.15, 0.2) is 11.5 Å². The predicted octanol–water partition coefficient (Wildman–Crippen LogP) is 0.0552. The van der Waals surface area contributed by atoms with E-state index in [1.54, 1.807) is 0 Å². The van der Waals surface area contributed by atoms with Crippen molar-refractivity contribution < 1.29 is 30.0 Å². The van der Waals surface area contributed by atoms with Crippen LogP contribution in [0.3, 0.4) is 0 Å². The Hall–Kier alpha value is -1.79. The van der Waals surface area contributed by atoms with E-state index in [4.69, 9.17) is 5.11 Å². The first kappa shape index (κ1) is 13.3. The van der Waals surface area contributed by atoms with E-state index in [1.165, 1.54) is 19.2 Å². The van der Waals surface area contributed by atoms with Crippen LogP contribution in [0.5, 0.6) is 11.5 Å². The number of phenols is 2. The SMILES string of the molecule is COC(=O)CC(O)C(O)c1ccc(O)c(O)c1. The van der Waals surface area contributed by atoms with Crippen LogP contribution in [0, 0.1) is 0 Å². The molecule has 0 radical (unpaired) electrons. The minimum absolute atomic E-state index is 0.191. The van der Waals surface area contributed by atoms with Gasteiger partial charge in [0.1, 0.15) is 6.10 Å². The van der Waals surface area contributed by atoms with E-state index in [2.05, 4.69) is 4.74 Å². The van der Waals surface area contributed by atoms with Crippen molar-refractivity contribution >= 4 is 5.97 Å². The van der Waals surface area contributed by atoms with Crippen LogP contribution in [0.2, 0.25) is 0 Å². The lowest BCUT2D eigenvalue weighted by Crippen LogP contribution is -2.22. The van der Waals surface area contributed by atoms with Crippen molar-refractivity contribution in [3.05, 3.63) is 23.8 Å². The number of benzene rings is 1. The lowest BCUT2D eigenvalue weighted by molar-refractivity contribution is -0.144. The molecule has 4 N–H and O–H groups in total. The van der Waals surface area contributed by atoms with E-state index >= 15 is 0 Å². The molecule has 0 aromatic heterocycles. The van der Waals surface area contributed by atoms with E-state index in [0.717, 1.165) is 6.07 Å². The smallest absolute Gasteiger partial charge is 0.308 e. The van der Waals surface area contributed by atoms with Crippen LogP contribution < -0.4 is 0 Å². The number of aromatic hydroxyl groups is 2. The Kier molecular flexibility index (Phi) is 4.30. The molecule has 0 fully saturated rings. The molecule has 94 valence electrons. The van der Waals surface area contributed by atoms with Gasteiger partial charge in [-0.15, -0.1) is 0 Å². The molecular weight excluding hydrogens is 228 g/mol. The summed E-state index contributed by atoms with van der Waals surface area (Å²) in [6, 6.07) is 3.62. The lowest BCUT2D eigenvalue weighted by atomic mass is 10.0. The molecule has 1 rings (SSSR count). The predicted molar refractivity (Wildman–Crippen MR) is 57.4 cm³/mol. The number of esters is 1. The minimum atomic E-state index is -1.35. The second-order valence-electron chi connectivity index (χ2n) is 3.54. The maximum atomic E-state index is 10.9. The van der Waals surface area contributed by atoms with E-state index in [9.17, 15) is 20.1 Å². The number of hydrogen-bond acceptors (Lipinski definition) is 6. The molecule has 0 aliphatic rings. The highest BCUT2D eigenvalue weighted by Crippen LogP contribution is 2.29. The number of rotatable bonds is 4. The van der Waals surface area contributed by atoms with Crippen molar-refractivity contribution in [3.63, 3.8) is 0 Å². The average Bonchev–Trinajstić information content (AvgIpc) is 2.31. The largest absolute Gasteiger partial charge is 0.504 e. The Labute approximate surface area is 97.7 Å². The summed E-state index contributed by atoms with van der Waals surface area (Å²) in [6.45, 7) is 0.